The Morgan fingerprint density at radius 1 is 1.38 bits per heavy atom. The van der Waals surface area contributed by atoms with Crippen LogP contribution in [0.25, 0.3) is 0 Å². The minimum atomic E-state index is -0.0119. The third-order valence-corrected chi connectivity index (χ3v) is 1.40. The molecule has 0 atom stereocenters. The van der Waals surface area contributed by atoms with Crippen LogP contribution in [-0.2, 0) is 0 Å². The summed E-state index contributed by atoms with van der Waals surface area (Å²) >= 11 is 0. The standard InChI is InChI=1S/C9H7NO.C2H6/c1-7(11)9-4-2-3-8(5-9)6-10;1-2/h2-5H,1H3;1-2H3. The molecule has 68 valence electrons. The summed E-state index contributed by atoms with van der Waals surface area (Å²) in [6, 6.07) is 8.63. The van der Waals surface area contributed by atoms with E-state index in [2.05, 4.69) is 0 Å². The lowest BCUT2D eigenvalue weighted by Crippen LogP contribution is -1.91. The predicted octanol–water partition coefficient (Wildman–Crippen LogP) is 2.79. The van der Waals surface area contributed by atoms with E-state index < -0.39 is 0 Å². The van der Waals surface area contributed by atoms with Gasteiger partial charge in [0.1, 0.15) is 0 Å². The summed E-state index contributed by atoms with van der Waals surface area (Å²) in [5, 5.41) is 8.48. The van der Waals surface area contributed by atoms with Crippen LogP contribution in [-0.4, -0.2) is 5.78 Å². The van der Waals surface area contributed by atoms with Crippen molar-refractivity contribution in [1.82, 2.24) is 0 Å². The first-order valence-corrected chi connectivity index (χ1v) is 4.25. The molecule has 0 N–H and O–H groups in total. The fraction of sp³-hybridized carbons (Fsp3) is 0.273. The zero-order valence-corrected chi connectivity index (χ0v) is 8.16. The van der Waals surface area contributed by atoms with E-state index in [1.807, 2.05) is 19.9 Å². The van der Waals surface area contributed by atoms with Crippen LogP contribution in [0.3, 0.4) is 0 Å². The molecule has 0 aliphatic rings. The number of Topliss-reactive ketones (excluding diaryl/α,β-unsaturated/α-hetero) is 1. The van der Waals surface area contributed by atoms with Crippen LogP contribution in [0.15, 0.2) is 24.3 Å². The van der Waals surface area contributed by atoms with E-state index in [4.69, 9.17) is 5.26 Å². The molecule has 13 heavy (non-hydrogen) atoms. The van der Waals surface area contributed by atoms with Gasteiger partial charge in [-0.3, -0.25) is 4.79 Å². The third-order valence-electron chi connectivity index (χ3n) is 1.40. The molecule has 0 fully saturated rings. The van der Waals surface area contributed by atoms with Gasteiger partial charge in [0.05, 0.1) is 11.6 Å². The molecular formula is C11H13NO. The van der Waals surface area contributed by atoms with Gasteiger partial charge in [0.25, 0.3) is 0 Å². The Hall–Kier alpha value is -1.62. The predicted molar refractivity (Wildman–Crippen MR) is 52.5 cm³/mol. The number of hydrogen-bond acceptors (Lipinski definition) is 2. The Labute approximate surface area is 78.8 Å². The molecule has 0 unspecified atom stereocenters. The van der Waals surface area contributed by atoms with Crippen LogP contribution >= 0.6 is 0 Å². The topological polar surface area (TPSA) is 40.9 Å². The molecule has 2 heteroatoms. The monoisotopic (exact) mass is 175 g/mol. The summed E-state index contributed by atoms with van der Waals surface area (Å²) in [7, 11) is 0. The number of carbonyl (C=O) groups is 1. The zero-order valence-electron chi connectivity index (χ0n) is 8.16. The van der Waals surface area contributed by atoms with E-state index in [0.717, 1.165) is 0 Å². The Balaban J connectivity index is 0.000000671. The van der Waals surface area contributed by atoms with Crippen LogP contribution in [0.1, 0.15) is 36.7 Å². The van der Waals surface area contributed by atoms with E-state index in [1.54, 1.807) is 24.3 Å². The first-order valence-electron chi connectivity index (χ1n) is 4.25. The Morgan fingerprint density at radius 3 is 2.46 bits per heavy atom. The molecule has 2 nitrogen and oxygen atoms in total. The van der Waals surface area contributed by atoms with Crippen molar-refractivity contribution in [3.63, 3.8) is 0 Å². The van der Waals surface area contributed by atoms with Gasteiger partial charge in [-0.25, -0.2) is 0 Å². The summed E-state index contributed by atoms with van der Waals surface area (Å²) in [5.41, 5.74) is 1.11. The van der Waals surface area contributed by atoms with Crippen LogP contribution in [0.4, 0.5) is 0 Å². The highest BCUT2D eigenvalue weighted by molar-refractivity contribution is 5.94. The molecule has 0 radical (unpaired) electrons. The number of hydrogen-bond donors (Lipinski definition) is 0. The highest BCUT2D eigenvalue weighted by Crippen LogP contribution is 2.03. The second-order valence-corrected chi connectivity index (χ2v) is 2.25. The van der Waals surface area contributed by atoms with Gasteiger partial charge < -0.3 is 0 Å². The summed E-state index contributed by atoms with van der Waals surface area (Å²) in [4.78, 5) is 10.8. The molecule has 0 aromatic heterocycles. The number of ketones is 1. The van der Waals surface area contributed by atoms with Gasteiger partial charge in [-0.15, -0.1) is 0 Å². The van der Waals surface area contributed by atoms with Crippen molar-refractivity contribution in [2.45, 2.75) is 20.8 Å². The number of nitriles is 1. The quantitative estimate of drug-likeness (QED) is 0.616. The van der Waals surface area contributed by atoms with Crippen molar-refractivity contribution < 1.29 is 4.79 Å². The normalized spacial score (nSPS) is 7.85. The lowest BCUT2D eigenvalue weighted by atomic mass is 10.1. The van der Waals surface area contributed by atoms with Gasteiger partial charge in [-0.2, -0.15) is 5.26 Å². The minimum absolute atomic E-state index is 0.0119. The molecule has 0 spiro atoms. The Bertz CT molecular complexity index is 323. The number of benzene rings is 1. The van der Waals surface area contributed by atoms with Crippen LogP contribution < -0.4 is 0 Å². The molecular weight excluding hydrogens is 162 g/mol. The lowest BCUT2D eigenvalue weighted by molar-refractivity contribution is 0.101. The van der Waals surface area contributed by atoms with E-state index in [-0.39, 0.29) is 5.78 Å². The van der Waals surface area contributed by atoms with Crippen LogP contribution in [0.2, 0.25) is 0 Å². The average Bonchev–Trinajstić information content (AvgIpc) is 2.21. The first-order chi connectivity index (χ1) is 6.24. The van der Waals surface area contributed by atoms with Crippen molar-refractivity contribution in [2.75, 3.05) is 0 Å². The van der Waals surface area contributed by atoms with Gasteiger partial charge in [0.15, 0.2) is 5.78 Å². The minimum Gasteiger partial charge on any atom is -0.295 e. The molecule has 0 aliphatic heterocycles. The smallest absolute Gasteiger partial charge is 0.159 e. The van der Waals surface area contributed by atoms with Crippen molar-refractivity contribution in [2.24, 2.45) is 0 Å². The van der Waals surface area contributed by atoms with Crippen molar-refractivity contribution in [1.29, 1.82) is 5.26 Å². The third kappa shape index (κ3) is 3.53. The van der Waals surface area contributed by atoms with Gasteiger partial charge in [0.2, 0.25) is 0 Å². The van der Waals surface area contributed by atoms with Crippen molar-refractivity contribution in [3.8, 4) is 6.07 Å². The number of nitrogens with zero attached hydrogens (tertiary/aromatic N) is 1. The number of carbonyl (C=O) groups excluding carboxylic acids is 1. The molecule has 1 rings (SSSR count). The van der Waals surface area contributed by atoms with Gasteiger partial charge in [-0.05, 0) is 19.1 Å². The van der Waals surface area contributed by atoms with Crippen LogP contribution in [0, 0.1) is 11.3 Å². The molecule has 0 bridgehead atoms. The van der Waals surface area contributed by atoms with Crippen LogP contribution in [0.5, 0.6) is 0 Å². The van der Waals surface area contributed by atoms with E-state index >= 15 is 0 Å². The van der Waals surface area contributed by atoms with Crippen molar-refractivity contribution >= 4 is 5.78 Å². The summed E-state index contributed by atoms with van der Waals surface area (Å²) < 4.78 is 0. The number of rotatable bonds is 1. The maximum absolute atomic E-state index is 10.8. The maximum Gasteiger partial charge on any atom is 0.159 e. The first kappa shape index (κ1) is 11.4. The average molecular weight is 175 g/mol. The zero-order chi connectivity index (χ0) is 10.3. The largest absolute Gasteiger partial charge is 0.295 e. The van der Waals surface area contributed by atoms with Gasteiger partial charge in [-0.1, -0.05) is 26.0 Å². The second kappa shape index (κ2) is 5.96. The maximum atomic E-state index is 10.8. The SMILES string of the molecule is CC.CC(=O)c1cccc(C#N)c1. The molecule has 0 amide bonds. The van der Waals surface area contributed by atoms with Gasteiger partial charge >= 0.3 is 0 Å². The van der Waals surface area contributed by atoms with E-state index in [1.165, 1.54) is 6.92 Å². The highest BCUT2D eigenvalue weighted by Gasteiger charge is 1.98. The second-order valence-electron chi connectivity index (χ2n) is 2.25. The molecule has 1 aromatic carbocycles. The molecule has 0 saturated heterocycles. The van der Waals surface area contributed by atoms with E-state index in [0.29, 0.717) is 11.1 Å². The molecule has 0 aliphatic carbocycles. The Kier molecular flexibility index (Phi) is 5.22. The van der Waals surface area contributed by atoms with Gasteiger partial charge in [0, 0.05) is 5.56 Å². The molecule has 0 heterocycles. The highest BCUT2D eigenvalue weighted by atomic mass is 16.1. The fourth-order valence-corrected chi connectivity index (χ4v) is 0.808. The van der Waals surface area contributed by atoms with Crippen molar-refractivity contribution in [3.05, 3.63) is 35.4 Å². The molecule has 1 aromatic rings. The lowest BCUT2D eigenvalue weighted by Gasteiger charge is -1.93. The summed E-state index contributed by atoms with van der Waals surface area (Å²) in [6.07, 6.45) is 0. The van der Waals surface area contributed by atoms with E-state index in [9.17, 15) is 4.79 Å². The summed E-state index contributed by atoms with van der Waals surface area (Å²) in [6.45, 7) is 5.48. The Morgan fingerprint density at radius 2 is 2.00 bits per heavy atom. The summed E-state index contributed by atoms with van der Waals surface area (Å²) in [5.74, 6) is -0.0119. The molecule has 0 saturated carbocycles. The fourth-order valence-electron chi connectivity index (χ4n) is 0.808.